The van der Waals surface area contributed by atoms with Gasteiger partial charge in [-0.05, 0) is 0 Å². The van der Waals surface area contributed by atoms with E-state index in [-0.39, 0.29) is 204 Å². The molecule has 0 heterocycles. The topological polar surface area (TPSA) is 0 Å². The zero-order chi connectivity index (χ0) is 0. The molecule has 0 saturated carbocycles. The van der Waals surface area contributed by atoms with E-state index >= 15 is 0 Å². The van der Waals surface area contributed by atoms with Gasteiger partial charge >= 0.3 is 0 Å². The van der Waals surface area contributed by atoms with E-state index in [0.29, 0.717) is 0 Å². The first-order valence-electron chi connectivity index (χ1n) is 0. The van der Waals surface area contributed by atoms with Crippen LogP contribution in [-0.2, 0) is 17.1 Å². The SMILES string of the molecule is [Fe].[U].[U].[U].[U].[U].[U]. The van der Waals surface area contributed by atoms with Crippen molar-refractivity contribution in [3.05, 3.63) is 0 Å². The van der Waals surface area contributed by atoms with Crippen LogP contribution in [0.4, 0.5) is 0 Å². The van der Waals surface area contributed by atoms with Gasteiger partial charge in [-0.1, -0.05) is 0 Å². The Kier molecular flexibility index (Phi) is 268. The maximum absolute atomic E-state index is 0. The minimum Gasteiger partial charge on any atom is 0 e. The summed E-state index contributed by atoms with van der Waals surface area (Å²) in [5.41, 5.74) is 0. The predicted octanol–water partition coefficient (Wildman–Crippen LogP) is -0.00250. The van der Waals surface area contributed by atoms with Crippen molar-refractivity contribution in [2.45, 2.75) is 0 Å². The van der Waals surface area contributed by atoms with Crippen LogP contribution in [0.5, 0.6) is 0 Å². The van der Waals surface area contributed by atoms with E-state index in [1.807, 2.05) is 0 Å². The second-order valence-corrected chi connectivity index (χ2v) is 0. The third kappa shape index (κ3) is 32.3. The average Bonchev–Trinajstić information content (AvgIpc) is 0. The van der Waals surface area contributed by atoms with E-state index < -0.39 is 0 Å². The van der Waals surface area contributed by atoms with E-state index in [2.05, 4.69) is 0 Å². The molecule has 0 aromatic heterocycles. The van der Waals surface area contributed by atoms with Crippen molar-refractivity contribution in [2.24, 2.45) is 0 Å². The number of rotatable bonds is 0. The Hall–Kier alpha value is 6.83. The molecule has 0 fully saturated rings. The van der Waals surface area contributed by atoms with Crippen LogP contribution in [0.3, 0.4) is 0 Å². The Labute approximate surface area is 197 Å². The molecule has 0 bridgehead atoms. The van der Waals surface area contributed by atoms with Crippen molar-refractivity contribution >= 4 is 0 Å². The van der Waals surface area contributed by atoms with Gasteiger partial charge in [-0.2, -0.15) is 0 Å². The van der Waals surface area contributed by atoms with Crippen molar-refractivity contribution in [3.63, 3.8) is 0 Å². The monoisotopic (exact) mass is 1480 g/mol. The van der Waals surface area contributed by atoms with E-state index in [1.165, 1.54) is 0 Å². The molecular formula is FeU6. The van der Waals surface area contributed by atoms with Gasteiger partial charge in [0.15, 0.2) is 0 Å². The zero-order valence-electron chi connectivity index (χ0n) is 3.35. The summed E-state index contributed by atoms with van der Waals surface area (Å²) in [5.74, 6) is 0. The maximum atomic E-state index is 0. The maximum Gasteiger partial charge on any atom is 0 e. The Morgan fingerprint density at radius 1 is 0.286 bits per heavy atom. The van der Waals surface area contributed by atoms with Crippen LogP contribution in [-0.4, -0.2) is 0 Å². The predicted molar refractivity (Wildman–Crippen MR) is 0 cm³/mol. The third-order valence-electron chi connectivity index (χ3n) is 0. The van der Waals surface area contributed by atoms with Gasteiger partial charge < -0.3 is 0 Å². The van der Waals surface area contributed by atoms with Gasteiger partial charge in [0.25, 0.3) is 0 Å². The van der Waals surface area contributed by atoms with Crippen LogP contribution in [0.15, 0.2) is 0 Å². The normalized spacial score (nSPS) is 0. The molecular weight excluding hydrogens is 1480 g/mol. The molecule has 7 heavy (non-hydrogen) atoms. The molecule has 0 unspecified atom stereocenters. The fourth-order valence-electron chi connectivity index (χ4n) is 0. The molecule has 7 heteroatoms. The first kappa shape index (κ1) is 48.8. The molecule has 32 valence electrons. The number of hydrogen-bond donors (Lipinski definition) is 0. The fraction of sp³-hybridized carbons (Fsp3) is 0. The van der Waals surface area contributed by atoms with E-state index in [1.54, 1.807) is 0 Å². The van der Waals surface area contributed by atoms with Gasteiger partial charge in [-0.3, -0.25) is 0 Å². The Morgan fingerprint density at radius 3 is 0.286 bits per heavy atom. The third-order valence-corrected chi connectivity index (χ3v) is 0. The van der Waals surface area contributed by atoms with Crippen molar-refractivity contribution in [1.29, 1.82) is 0 Å². The quantitative estimate of drug-likeness (QED) is 0.301. The fourth-order valence-corrected chi connectivity index (χ4v) is 0. The molecule has 0 spiro atoms. The van der Waals surface area contributed by atoms with Crippen molar-refractivity contribution in [3.8, 4) is 0 Å². The second-order valence-electron chi connectivity index (χ2n) is 0. The molecule has 0 aromatic carbocycles. The van der Waals surface area contributed by atoms with Gasteiger partial charge in [0.05, 0.1) is 0 Å². The zero-order valence-corrected chi connectivity index (χ0v) is 29.4. The molecule has 0 N–H and O–H groups in total. The van der Waals surface area contributed by atoms with Crippen LogP contribution < -0.4 is 0 Å². The molecule has 0 saturated heterocycles. The summed E-state index contributed by atoms with van der Waals surface area (Å²) in [6.07, 6.45) is 0. The molecule has 0 aliphatic rings. The summed E-state index contributed by atoms with van der Waals surface area (Å²) in [5, 5.41) is 0. The molecule has 0 aliphatic carbocycles. The van der Waals surface area contributed by atoms with Crippen LogP contribution >= 0.6 is 0 Å². The van der Waals surface area contributed by atoms with Gasteiger partial charge in [0.2, 0.25) is 0 Å². The first-order valence-corrected chi connectivity index (χ1v) is 0. The van der Waals surface area contributed by atoms with Gasteiger partial charge in [0, 0.05) is 204 Å². The number of hydrogen-bond acceptors (Lipinski definition) is 0. The van der Waals surface area contributed by atoms with E-state index in [9.17, 15) is 0 Å². The van der Waals surface area contributed by atoms with Crippen molar-refractivity contribution in [1.82, 2.24) is 0 Å². The first-order chi connectivity index (χ1) is 0. The van der Waals surface area contributed by atoms with Crippen LogP contribution in [0, 0.1) is 187 Å². The summed E-state index contributed by atoms with van der Waals surface area (Å²) in [6.45, 7) is 0. The molecule has 0 radical (unpaired) electrons. The van der Waals surface area contributed by atoms with E-state index in [0.717, 1.165) is 0 Å². The van der Waals surface area contributed by atoms with Crippen LogP contribution in [0.2, 0.25) is 0 Å². The van der Waals surface area contributed by atoms with Crippen LogP contribution in [0.1, 0.15) is 0 Å². The smallest absolute Gasteiger partial charge is 0 e. The summed E-state index contributed by atoms with van der Waals surface area (Å²) < 4.78 is 0. The average molecular weight is 1480 g/mol. The van der Waals surface area contributed by atoms with Gasteiger partial charge in [-0.25, -0.2) is 0 Å². The summed E-state index contributed by atoms with van der Waals surface area (Å²) >= 11 is 0. The molecule has 0 aliphatic heterocycles. The summed E-state index contributed by atoms with van der Waals surface area (Å²) in [4.78, 5) is 0. The standard InChI is InChI=1S/Fe.6U. The largest absolute Gasteiger partial charge is 0 e. The molecule has 0 nitrogen and oxygen atoms in total. The van der Waals surface area contributed by atoms with Crippen LogP contribution in [0.25, 0.3) is 0 Å². The Balaban J connectivity index is 0. The van der Waals surface area contributed by atoms with Crippen molar-refractivity contribution in [2.75, 3.05) is 0 Å². The van der Waals surface area contributed by atoms with Crippen molar-refractivity contribution < 1.29 is 204 Å². The van der Waals surface area contributed by atoms with E-state index in [4.69, 9.17) is 0 Å². The summed E-state index contributed by atoms with van der Waals surface area (Å²) in [6, 6.07) is 0. The Bertz CT molecular complexity index is 4.14. The molecule has 0 aromatic rings. The second kappa shape index (κ2) is 38.5. The molecule has 0 atom stereocenters. The van der Waals surface area contributed by atoms with Gasteiger partial charge in [0.1, 0.15) is 0 Å². The molecule has 0 amide bonds. The molecule has 0 rings (SSSR count). The van der Waals surface area contributed by atoms with Gasteiger partial charge in [-0.15, -0.1) is 0 Å². The minimum atomic E-state index is 0. The Morgan fingerprint density at radius 2 is 0.286 bits per heavy atom. The summed E-state index contributed by atoms with van der Waals surface area (Å²) in [7, 11) is 0. The minimum absolute atomic E-state index is 0.